The standard InChI is InChI=1S/C19H18FN7O/c1-3-16-23-14-10-11(20)4-9-15(14)27(16)19-25-17(21)24-18(26-19)22-12-5-7-13(28-2)8-6-12/h4-10H,3H2,1-2H3,(H3,21,22,24,25,26). The van der Waals surface area contributed by atoms with E-state index in [1.165, 1.54) is 12.1 Å². The van der Waals surface area contributed by atoms with E-state index in [1.807, 2.05) is 31.2 Å². The van der Waals surface area contributed by atoms with Crippen molar-refractivity contribution in [3.05, 3.63) is 54.1 Å². The smallest absolute Gasteiger partial charge is 0.242 e. The highest BCUT2D eigenvalue weighted by molar-refractivity contribution is 5.77. The number of halogens is 1. The number of imidazole rings is 1. The average Bonchev–Trinajstić information content (AvgIpc) is 3.05. The van der Waals surface area contributed by atoms with Crippen LogP contribution in [0.1, 0.15) is 12.7 Å². The highest BCUT2D eigenvalue weighted by Crippen LogP contribution is 2.23. The van der Waals surface area contributed by atoms with Gasteiger partial charge in [0.25, 0.3) is 0 Å². The number of hydrogen-bond donors (Lipinski definition) is 2. The van der Waals surface area contributed by atoms with Gasteiger partial charge in [0.1, 0.15) is 17.4 Å². The fourth-order valence-corrected chi connectivity index (χ4v) is 2.90. The summed E-state index contributed by atoms with van der Waals surface area (Å²) in [7, 11) is 1.61. The van der Waals surface area contributed by atoms with E-state index in [-0.39, 0.29) is 11.8 Å². The Hall–Kier alpha value is -3.75. The van der Waals surface area contributed by atoms with Crippen LogP contribution >= 0.6 is 0 Å². The van der Waals surface area contributed by atoms with Gasteiger partial charge in [0.2, 0.25) is 17.8 Å². The van der Waals surface area contributed by atoms with Gasteiger partial charge in [0.05, 0.1) is 18.1 Å². The summed E-state index contributed by atoms with van der Waals surface area (Å²) in [6, 6.07) is 11.7. The van der Waals surface area contributed by atoms with E-state index in [1.54, 1.807) is 17.7 Å². The van der Waals surface area contributed by atoms with E-state index in [0.29, 0.717) is 35.2 Å². The highest BCUT2D eigenvalue weighted by Gasteiger charge is 2.16. The monoisotopic (exact) mass is 379 g/mol. The molecule has 0 saturated heterocycles. The van der Waals surface area contributed by atoms with Crippen LogP contribution in [0.5, 0.6) is 5.75 Å². The van der Waals surface area contributed by atoms with Gasteiger partial charge in [-0.05, 0) is 36.4 Å². The molecule has 0 saturated carbocycles. The van der Waals surface area contributed by atoms with Gasteiger partial charge in [0.15, 0.2) is 0 Å². The Balaban J connectivity index is 1.77. The Bertz CT molecular complexity index is 1140. The van der Waals surface area contributed by atoms with Crippen LogP contribution in [0, 0.1) is 5.82 Å². The molecular weight excluding hydrogens is 361 g/mol. The van der Waals surface area contributed by atoms with Crippen LogP contribution in [0.15, 0.2) is 42.5 Å². The van der Waals surface area contributed by atoms with E-state index in [9.17, 15) is 4.39 Å². The molecule has 28 heavy (non-hydrogen) atoms. The number of aryl methyl sites for hydroxylation is 1. The first kappa shape index (κ1) is 17.7. The predicted octanol–water partition coefficient (Wildman–Crippen LogP) is 3.25. The molecule has 4 rings (SSSR count). The molecule has 0 aliphatic heterocycles. The van der Waals surface area contributed by atoms with E-state index in [4.69, 9.17) is 10.5 Å². The van der Waals surface area contributed by atoms with E-state index in [0.717, 1.165) is 11.4 Å². The summed E-state index contributed by atoms with van der Waals surface area (Å²) >= 11 is 0. The molecule has 0 atom stereocenters. The van der Waals surface area contributed by atoms with E-state index in [2.05, 4.69) is 25.3 Å². The summed E-state index contributed by atoms with van der Waals surface area (Å²) in [5, 5.41) is 3.10. The maximum absolute atomic E-state index is 13.6. The van der Waals surface area contributed by atoms with E-state index >= 15 is 0 Å². The van der Waals surface area contributed by atoms with Gasteiger partial charge in [-0.25, -0.2) is 9.37 Å². The van der Waals surface area contributed by atoms with Crippen molar-refractivity contribution in [2.45, 2.75) is 13.3 Å². The zero-order valence-electron chi connectivity index (χ0n) is 15.3. The molecule has 0 unspecified atom stereocenters. The molecule has 0 spiro atoms. The summed E-state index contributed by atoms with van der Waals surface area (Å²) in [5.74, 6) is 1.75. The van der Waals surface area contributed by atoms with Crippen molar-refractivity contribution in [1.29, 1.82) is 0 Å². The summed E-state index contributed by atoms with van der Waals surface area (Å²) in [6.45, 7) is 1.95. The van der Waals surface area contributed by atoms with Gasteiger partial charge in [0, 0.05) is 18.2 Å². The molecule has 4 aromatic rings. The molecule has 2 heterocycles. The molecule has 3 N–H and O–H groups in total. The van der Waals surface area contributed by atoms with Crippen LogP contribution in [-0.2, 0) is 6.42 Å². The third-order valence-electron chi connectivity index (χ3n) is 4.19. The molecular formula is C19H18FN7O. The molecule has 0 bridgehead atoms. The van der Waals surface area contributed by atoms with Gasteiger partial charge >= 0.3 is 0 Å². The molecule has 0 fully saturated rings. The number of aromatic nitrogens is 5. The number of nitrogens with two attached hydrogens (primary N) is 1. The zero-order valence-corrected chi connectivity index (χ0v) is 15.3. The zero-order chi connectivity index (χ0) is 19.7. The number of hydrogen-bond acceptors (Lipinski definition) is 7. The maximum atomic E-state index is 13.6. The maximum Gasteiger partial charge on any atom is 0.242 e. The van der Waals surface area contributed by atoms with Gasteiger partial charge in [-0.1, -0.05) is 6.92 Å². The molecule has 0 aliphatic carbocycles. The van der Waals surface area contributed by atoms with E-state index < -0.39 is 0 Å². The summed E-state index contributed by atoms with van der Waals surface area (Å²) in [6.07, 6.45) is 0.614. The van der Waals surface area contributed by atoms with Crippen LogP contribution in [-0.4, -0.2) is 31.6 Å². The third kappa shape index (κ3) is 3.29. The number of ether oxygens (including phenoxy) is 1. The Morgan fingerprint density at radius 3 is 2.57 bits per heavy atom. The average molecular weight is 379 g/mol. The Morgan fingerprint density at radius 2 is 1.86 bits per heavy atom. The molecule has 8 nitrogen and oxygen atoms in total. The largest absolute Gasteiger partial charge is 0.497 e. The molecule has 142 valence electrons. The lowest BCUT2D eigenvalue weighted by Gasteiger charge is -2.10. The molecule has 9 heteroatoms. The minimum absolute atomic E-state index is 0.0621. The molecule has 0 radical (unpaired) electrons. The van der Waals surface area contributed by atoms with Crippen LogP contribution in [0.2, 0.25) is 0 Å². The van der Waals surface area contributed by atoms with Crippen molar-refractivity contribution < 1.29 is 9.13 Å². The number of benzene rings is 2. The fraction of sp³-hybridized carbons (Fsp3) is 0.158. The Morgan fingerprint density at radius 1 is 1.07 bits per heavy atom. The molecule has 2 aromatic heterocycles. The first-order valence-corrected chi connectivity index (χ1v) is 8.67. The van der Waals surface area contributed by atoms with Gasteiger partial charge in [-0.3, -0.25) is 4.57 Å². The molecule has 2 aromatic carbocycles. The lowest BCUT2D eigenvalue weighted by atomic mass is 10.3. The minimum atomic E-state index is -0.350. The SMILES string of the molecule is CCc1nc2cc(F)ccc2n1-c1nc(N)nc(Nc2ccc(OC)cc2)n1. The van der Waals surface area contributed by atoms with Crippen molar-refractivity contribution >= 4 is 28.6 Å². The van der Waals surface area contributed by atoms with Crippen LogP contribution < -0.4 is 15.8 Å². The lowest BCUT2D eigenvalue weighted by molar-refractivity contribution is 0.415. The predicted molar refractivity (Wildman–Crippen MR) is 104 cm³/mol. The number of rotatable bonds is 5. The second-order valence-corrected chi connectivity index (χ2v) is 6.02. The molecule has 0 amide bonds. The topological polar surface area (TPSA) is 104 Å². The first-order chi connectivity index (χ1) is 13.6. The van der Waals surface area contributed by atoms with Gasteiger partial charge in [-0.15, -0.1) is 0 Å². The minimum Gasteiger partial charge on any atom is -0.497 e. The fourth-order valence-electron chi connectivity index (χ4n) is 2.90. The van der Waals surface area contributed by atoms with Gasteiger partial charge in [-0.2, -0.15) is 15.0 Å². The number of nitrogens with zero attached hydrogens (tertiary/aromatic N) is 5. The van der Waals surface area contributed by atoms with Crippen LogP contribution in [0.25, 0.3) is 17.0 Å². The number of methoxy groups -OCH3 is 1. The normalized spacial score (nSPS) is 11.0. The van der Waals surface area contributed by atoms with Crippen LogP contribution in [0.4, 0.5) is 22.0 Å². The van der Waals surface area contributed by atoms with Crippen molar-refractivity contribution in [2.24, 2.45) is 0 Å². The Kier molecular flexibility index (Phi) is 4.48. The number of nitrogen functional groups attached to an aromatic ring is 1. The van der Waals surface area contributed by atoms with Crippen LogP contribution in [0.3, 0.4) is 0 Å². The summed E-state index contributed by atoms with van der Waals surface area (Å²) < 4.78 is 20.5. The van der Waals surface area contributed by atoms with Crippen molar-refractivity contribution in [2.75, 3.05) is 18.2 Å². The highest BCUT2D eigenvalue weighted by atomic mass is 19.1. The second kappa shape index (κ2) is 7.10. The second-order valence-electron chi connectivity index (χ2n) is 6.02. The number of anilines is 3. The Labute approximate surface area is 160 Å². The summed E-state index contributed by atoms with van der Waals surface area (Å²) in [4.78, 5) is 17.4. The number of fused-ring (bicyclic) bond motifs is 1. The van der Waals surface area contributed by atoms with Crippen molar-refractivity contribution in [3.63, 3.8) is 0 Å². The first-order valence-electron chi connectivity index (χ1n) is 8.67. The third-order valence-corrected chi connectivity index (χ3v) is 4.19. The summed E-state index contributed by atoms with van der Waals surface area (Å²) in [5.41, 5.74) is 7.90. The lowest BCUT2D eigenvalue weighted by Crippen LogP contribution is -2.11. The molecule has 0 aliphatic rings. The van der Waals surface area contributed by atoms with Gasteiger partial charge < -0.3 is 15.8 Å². The number of nitrogens with one attached hydrogen (secondary N) is 1. The van der Waals surface area contributed by atoms with Crippen molar-refractivity contribution in [1.82, 2.24) is 24.5 Å². The van der Waals surface area contributed by atoms with Crippen molar-refractivity contribution in [3.8, 4) is 11.7 Å². The quantitative estimate of drug-likeness (QED) is 0.548.